The van der Waals surface area contributed by atoms with Crippen LogP contribution in [-0.4, -0.2) is 10.5 Å². The molecule has 0 fully saturated rings. The molecule has 0 saturated carbocycles. The van der Waals surface area contributed by atoms with Crippen LogP contribution in [0.2, 0.25) is 0 Å². The number of nitrogens with one attached hydrogen (secondary N) is 1. The van der Waals surface area contributed by atoms with Gasteiger partial charge in [-0.25, -0.2) is 4.99 Å². The predicted octanol–water partition coefficient (Wildman–Crippen LogP) is 3.02. The topological polar surface area (TPSA) is 79.1 Å². The SMILES string of the molecule is CCC(CC)n1ccc2cc(N=C(N)NC#N)ccc21. The van der Waals surface area contributed by atoms with Crippen molar-refractivity contribution in [1.82, 2.24) is 9.88 Å². The predicted molar refractivity (Wildman–Crippen MR) is 81.6 cm³/mol. The summed E-state index contributed by atoms with van der Waals surface area (Å²) >= 11 is 0. The fourth-order valence-electron chi connectivity index (χ4n) is 2.45. The van der Waals surface area contributed by atoms with Gasteiger partial charge in [-0.15, -0.1) is 0 Å². The largest absolute Gasteiger partial charge is 0.369 e. The van der Waals surface area contributed by atoms with Gasteiger partial charge in [-0.05, 0) is 37.1 Å². The summed E-state index contributed by atoms with van der Waals surface area (Å²) in [7, 11) is 0. The second-order valence-electron chi connectivity index (χ2n) is 4.67. The van der Waals surface area contributed by atoms with Gasteiger partial charge < -0.3 is 10.3 Å². The molecule has 0 saturated heterocycles. The Morgan fingerprint density at radius 3 is 2.80 bits per heavy atom. The minimum atomic E-state index is 0.103. The van der Waals surface area contributed by atoms with Crippen LogP contribution in [0.1, 0.15) is 32.7 Å². The van der Waals surface area contributed by atoms with Crippen molar-refractivity contribution in [3.8, 4) is 6.19 Å². The number of fused-ring (bicyclic) bond motifs is 1. The van der Waals surface area contributed by atoms with Gasteiger partial charge in [-0.2, -0.15) is 5.26 Å². The Hall–Kier alpha value is -2.48. The zero-order valence-electron chi connectivity index (χ0n) is 11.8. The summed E-state index contributed by atoms with van der Waals surface area (Å²) in [5.41, 5.74) is 7.50. The number of aromatic nitrogens is 1. The quantitative estimate of drug-likeness (QED) is 0.387. The molecule has 1 aromatic heterocycles. The summed E-state index contributed by atoms with van der Waals surface area (Å²) in [4.78, 5) is 4.14. The fourth-order valence-corrected chi connectivity index (χ4v) is 2.45. The summed E-state index contributed by atoms with van der Waals surface area (Å²) < 4.78 is 2.31. The number of benzene rings is 1. The Labute approximate surface area is 118 Å². The minimum absolute atomic E-state index is 0.103. The zero-order valence-corrected chi connectivity index (χ0v) is 11.8. The molecular weight excluding hydrogens is 250 g/mol. The third-order valence-corrected chi connectivity index (χ3v) is 3.47. The second kappa shape index (κ2) is 6.11. The number of hydrogen-bond donors (Lipinski definition) is 2. The Bertz CT molecular complexity index is 658. The highest BCUT2D eigenvalue weighted by molar-refractivity contribution is 5.87. The zero-order chi connectivity index (χ0) is 14.5. The van der Waals surface area contributed by atoms with Crippen molar-refractivity contribution in [2.24, 2.45) is 10.7 Å². The molecule has 2 rings (SSSR count). The molecular formula is C15H19N5. The first-order valence-electron chi connectivity index (χ1n) is 6.79. The molecule has 0 spiro atoms. The standard InChI is InChI=1S/C15H19N5/c1-3-13(4-2)20-8-7-11-9-12(5-6-14(11)20)19-15(17)18-10-16/h5-9,13H,3-4H2,1-2H3,(H3,17,18,19). The molecule has 0 aliphatic rings. The van der Waals surface area contributed by atoms with E-state index in [1.807, 2.05) is 18.2 Å². The maximum Gasteiger partial charge on any atom is 0.207 e. The molecule has 2 aromatic rings. The van der Waals surface area contributed by atoms with Gasteiger partial charge in [0.25, 0.3) is 0 Å². The highest BCUT2D eigenvalue weighted by Gasteiger charge is 2.09. The van der Waals surface area contributed by atoms with Crippen molar-refractivity contribution >= 4 is 22.5 Å². The van der Waals surface area contributed by atoms with E-state index in [1.54, 1.807) is 6.19 Å². The van der Waals surface area contributed by atoms with Crippen LogP contribution in [0.15, 0.2) is 35.5 Å². The molecule has 20 heavy (non-hydrogen) atoms. The monoisotopic (exact) mass is 269 g/mol. The van der Waals surface area contributed by atoms with Gasteiger partial charge in [0, 0.05) is 23.1 Å². The third kappa shape index (κ3) is 2.75. The maximum atomic E-state index is 8.48. The molecule has 104 valence electrons. The normalized spacial score (nSPS) is 11.8. The first kappa shape index (κ1) is 13.9. The highest BCUT2D eigenvalue weighted by atomic mass is 15.1. The van der Waals surface area contributed by atoms with Crippen LogP contribution in [0.3, 0.4) is 0 Å². The van der Waals surface area contributed by atoms with Crippen molar-refractivity contribution in [1.29, 1.82) is 5.26 Å². The van der Waals surface area contributed by atoms with Gasteiger partial charge in [0.05, 0.1) is 5.69 Å². The summed E-state index contributed by atoms with van der Waals surface area (Å²) in [5.74, 6) is 0.103. The summed E-state index contributed by atoms with van der Waals surface area (Å²) in [6.07, 6.45) is 6.09. The van der Waals surface area contributed by atoms with E-state index >= 15 is 0 Å². The smallest absolute Gasteiger partial charge is 0.207 e. The Kier molecular flexibility index (Phi) is 4.26. The number of rotatable bonds is 4. The number of hydrogen-bond acceptors (Lipinski definition) is 2. The lowest BCUT2D eigenvalue weighted by molar-refractivity contribution is 0.486. The molecule has 1 aromatic carbocycles. The van der Waals surface area contributed by atoms with Gasteiger partial charge in [-0.1, -0.05) is 13.8 Å². The molecule has 0 atom stereocenters. The van der Waals surface area contributed by atoms with E-state index in [2.05, 4.69) is 41.0 Å². The van der Waals surface area contributed by atoms with Crippen molar-refractivity contribution < 1.29 is 0 Å². The number of nitriles is 1. The van der Waals surface area contributed by atoms with E-state index in [-0.39, 0.29) is 5.96 Å². The first-order valence-corrected chi connectivity index (χ1v) is 6.79. The van der Waals surface area contributed by atoms with Gasteiger partial charge in [-0.3, -0.25) is 5.32 Å². The lowest BCUT2D eigenvalue weighted by atomic mass is 10.1. The molecule has 5 nitrogen and oxygen atoms in total. The molecule has 5 heteroatoms. The first-order chi connectivity index (χ1) is 9.69. The summed E-state index contributed by atoms with van der Waals surface area (Å²) in [5, 5.41) is 11.9. The number of nitrogens with zero attached hydrogens (tertiary/aromatic N) is 3. The molecule has 1 heterocycles. The number of aliphatic imine (C=N–C) groups is 1. The molecule has 0 bridgehead atoms. The van der Waals surface area contributed by atoms with Gasteiger partial charge >= 0.3 is 0 Å². The molecule has 3 N–H and O–H groups in total. The van der Waals surface area contributed by atoms with Crippen molar-refractivity contribution in [2.75, 3.05) is 0 Å². The summed E-state index contributed by atoms with van der Waals surface area (Å²) in [6, 6.07) is 8.53. The molecule has 0 amide bonds. The van der Waals surface area contributed by atoms with Crippen LogP contribution in [0, 0.1) is 11.5 Å². The van der Waals surface area contributed by atoms with Crippen LogP contribution in [0.4, 0.5) is 5.69 Å². The molecule has 0 aliphatic heterocycles. The lowest BCUT2D eigenvalue weighted by Crippen LogP contribution is -2.26. The fraction of sp³-hybridized carbons (Fsp3) is 0.333. The van der Waals surface area contributed by atoms with Crippen molar-refractivity contribution in [3.63, 3.8) is 0 Å². The van der Waals surface area contributed by atoms with Crippen LogP contribution in [-0.2, 0) is 0 Å². The van der Waals surface area contributed by atoms with Gasteiger partial charge in [0.2, 0.25) is 5.96 Å². The van der Waals surface area contributed by atoms with Crippen molar-refractivity contribution in [3.05, 3.63) is 30.5 Å². The van der Waals surface area contributed by atoms with E-state index < -0.39 is 0 Å². The van der Waals surface area contributed by atoms with Crippen molar-refractivity contribution in [2.45, 2.75) is 32.7 Å². The molecule has 0 unspecified atom stereocenters. The number of nitrogens with two attached hydrogens (primary N) is 1. The van der Waals surface area contributed by atoms with Gasteiger partial charge in [0.15, 0.2) is 6.19 Å². The maximum absolute atomic E-state index is 8.48. The van der Waals surface area contributed by atoms with Crippen LogP contribution >= 0.6 is 0 Å². The van der Waals surface area contributed by atoms with Crippen LogP contribution in [0.5, 0.6) is 0 Å². The van der Waals surface area contributed by atoms with Gasteiger partial charge in [0.1, 0.15) is 0 Å². The third-order valence-electron chi connectivity index (χ3n) is 3.47. The molecule has 0 aliphatic carbocycles. The van der Waals surface area contributed by atoms with Crippen LogP contribution in [0.25, 0.3) is 10.9 Å². The van der Waals surface area contributed by atoms with Crippen LogP contribution < -0.4 is 11.1 Å². The van der Waals surface area contributed by atoms with E-state index in [0.29, 0.717) is 6.04 Å². The average molecular weight is 269 g/mol. The van der Waals surface area contributed by atoms with E-state index in [4.69, 9.17) is 11.0 Å². The second-order valence-corrected chi connectivity index (χ2v) is 4.67. The highest BCUT2D eigenvalue weighted by Crippen LogP contribution is 2.27. The number of guanidine groups is 1. The van der Waals surface area contributed by atoms with E-state index in [1.165, 1.54) is 5.52 Å². The molecule has 0 radical (unpaired) electrons. The minimum Gasteiger partial charge on any atom is -0.369 e. The van der Waals surface area contributed by atoms with E-state index in [0.717, 1.165) is 23.9 Å². The van der Waals surface area contributed by atoms with E-state index in [9.17, 15) is 0 Å². The summed E-state index contributed by atoms with van der Waals surface area (Å²) in [6.45, 7) is 4.40. The lowest BCUT2D eigenvalue weighted by Gasteiger charge is -2.16. The average Bonchev–Trinajstić information content (AvgIpc) is 2.84. The Morgan fingerprint density at radius 2 is 2.15 bits per heavy atom. The Morgan fingerprint density at radius 1 is 1.40 bits per heavy atom. The Balaban J connectivity index is 2.38.